The van der Waals surface area contributed by atoms with Crippen molar-refractivity contribution >= 4 is 29.1 Å². The fraction of sp³-hybridized carbons (Fsp3) is 0.259. The summed E-state index contributed by atoms with van der Waals surface area (Å²) in [5.41, 5.74) is 2.33. The molecular weight excluding hydrogens is 436 g/mol. The second kappa shape index (κ2) is 11.0. The van der Waals surface area contributed by atoms with Gasteiger partial charge in [0.2, 0.25) is 0 Å². The van der Waals surface area contributed by atoms with E-state index in [9.17, 15) is 9.59 Å². The number of nitrogens with one attached hydrogen (secondary N) is 2. The third kappa shape index (κ3) is 6.14. The van der Waals surface area contributed by atoms with Crippen LogP contribution in [0.25, 0.3) is 0 Å². The van der Waals surface area contributed by atoms with Gasteiger partial charge in [0.25, 0.3) is 11.8 Å². The van der Waals surface area contributed by atoms with E-state index in [-0.39, 0.29) is 17.9 Å². The highest BCUT2D eigenvalue weighted by atomic mass is 35.5. The molecule has 0 spiro atoms. The molecule has 0 unspecified atom stereocenters. The van der Waals surface area contributed by atoms with Crippen LogP contribution in [0.2, 0.25) is 5.02 Å². The lowest BCUT2D eigenvalue weighted by Gasteiger charge is -2.23. The Morgan fingerprint density at radius 3 is 2.30 bits per heavy atom. The minimum Gasteiger partial charge on any atom is -0.489 e. The number of hydrogen-bond donors (Lipinski definition) is 2. The summed E-state index contributed by atoms with van der Waals surface area (Å²) in [6.45, 7) is 0.342. The Bertz CT molecular complexity index is 1110. The first-order chi connectivity index (χ1) is 16.1. The van der Waals surface area contributed by atoms with Gasteiger partial charge in [0.05, 0.1) is 11.3 Å². The van der Waals surface area contributed by atoms with Crippen molar-refractivity contribution in [2.45, 2.75) is 44.8 Å². The summed E-state index contributed by atoms with van der Waals surface area (Å²) >= 11 is 6.16. The first kappa shape index (κ1) is 22.9. The van der Waals surface area contributed by atoms with Crippen molar-refractivity contribution in [3.63, 3.8) is 0 Å². The smallest absolute Gasteiger partial charge is 0.255 e. The molecule has 0 atom stereocenters. The molecule has 1 aliphatic rings. The Hall–Kier alpha value is -3.31. The average Bonchev–Trinajstić information content (AvgIpc) is 2.85. The summed E-state index contributed by atoms with van der Waals surface area (Å²) in [6, 6.07) is 21.7. The fourth-order valence-corrected chi connectivity index (χ4v) is 4.16. The summed E-state index contributed by atoms with van der Waals surface area (Å²) in [4.78, 5) is 25.6. The maximum atomic E-state index is 12.8. The van der Waals surface area contributed by atoms with Crippen molar-refractivity contribution in [3.8, 4) is 5.75 Å². The van der Waals surface area contributed by atoms with Crippen LogP contribution in [0.15, 0.2) is 72.8 Å². The van der Waals surface area contributed by atoms with E-state index < -0.39 is 0 Å². The molecular formula is C27H27ClN2O3. The van der Waals surface area contributed by atoms with E-state index in [2.05, 4.69) is 10.6 Å². The molecule has 0 saturated heterocycles. The summed E-state index contributed by atoms with van der Waals surface area (Å²) in [5.74, 6) is 0.199. The lowest BCUT2D eigenvalue weighted by atomic mass is 9.95. The van der Waals surface area contributed by atoms with Crippen molar-refractivity contribution in [2.75, 3.05) is 5.32 Å². The largest absolute Gasteiger partial charge is 0.489 e. The van der Waals surface area contributed by atoms with Crippen LogP contribution in [-0.4, -0.2) is 17.9 Å². The topological polar surface area (TPSA) is 67.4 Å². The SMILES string of the molecule is O=C(Nc1ccccc1C(=O)NC1CCCCC1)c1ccc(OCc2ccccc2Cl)cc1. The van der Waals surface area contributed by atoms with Crippen molar-refractivity contribution in [2.24, 2.45) is 0 Å². The number of anilines is 1. The van der Waals surface area contributed by atoms with Crippen LogP contribution in [-0.2, 0) is 6.61 Å². The van der Waals surface area contributed by atoms with Crippen LogP contribution in [0.4, 0.5) is 5.69 Å². The Morgan fingerprint density at radius 2 is 1.55 bits per heavy atom. The van der Waals surface area contributed by atoms with Crippen LogP contribution in [0.3, 0.4) is 0 Å². The molecule has 170 valence electrons. The van der Waals surface area contributed by atoms with Gasteiger partial charge in [-0.2, -0.15) is 0 Å². The second-order valence-corrected chi connectivity index (χ2v) is 8.62. The molecule has 0 heterocycles. The lowest BCUT2D eigenvalue weighted by molar-refractivity contribution is 0.0928. The minimum absolute atomic E-state index is 0.152. The van der Waals surface area contributed by atoms with Gasteiger partial charge in [-0.1, -0.05) is 61.2 Å². The molecule has 1 fully saturated rings. The number of carbonyl (C=O) groups is 2. The molecule has 1 saturated carbocycles. The fourth-order valence-electron chi connectivity index (χ4n) is 3.97. The number of halogens is 1. The van der Waals surface area contributed by atoms with Crippen LogP contribution < -0.4 is 15.4 Å². The maximum Gasteiger partial charge on any atom is 0.255 e. The molecule has 0 bridgehead atoms. The second-order valence-electron chi connectivity index (χ2n) is 8.21. The van der Waals surface area contributed by atoms with Gasteiger partial charge in [0.15, 0.2) is 0 Å². The molecule has 2 amide bonds. The predicted octanol–water partition coefficient (Wildman–Crippen LogP) is 6.23. The number of benzene rings is 3. The highest BCUT2D eigenvalue weighted by Crippen LogP contribution is 2.22. The standard InChI is InChI=1S/C27H27ClN2O3/c28-24-12-6-4-8-20(24)18-33-22-16-14-19(15-17-22)26(31)30-25-13-7-5-11-23(25)27(32)29-21-9-2-1-3-10-21/h4-8,11-17,21H,1-3,9-10,18H2,(H,29,32)(H,30,31). The maximum absolute atomic E-state index is 12.8. The Labute approximate surface area is 199 Å². The van der Waals surface area contributed by atoms with Gasteiger partial charge in [-0.25, -0.2) is 0 Å². The molecule has 5 nitrogen and oxygen atoms in total. The number of para-hydroxylation sites is 1. The van der Waals surface area contributed by atoms with Gasteiger partial charge < -0.3 is 15.4 Å². The molecule has 1 aliphatic carbocycles. The Balaban J connectivity index is 1.38. The third-order valence-corrected chi connectivity index (χ3v) is 6.20. The predicted molar refractivity (Wildman–Crippen MR) is 131 cm³/mol. The molecule has 3 aromatic carbocycles. The lowest BCUT2D eigenvalue weighted by Crippen LogP contribution is -2.36. The van der Waals surface area contributed by atoms with Crippen molar-refractivity contribution < 1.29 is 14.3 Å². The summed E-state index contributed by atoms with van der Waals surface area (Å²) in [5, 5.41) is 6.64. The molecule has 0 aromatic heterocycles. The van der Waals surface area contributed by atoms with E-state index in [0.29, 0.717) is 34.2 Å². The van der Waals surface area contributed by atoms with E-state index in [0.717, 1.165) is 31.2 Å². The van der Waals surface area contributed by atoms with Gasteiger partial charge in [-0.3, -0.25) is 9.59 Å². The normalized spacial score (nSPS) is 13.8. The summed E-state index contributed by atoms with van der Waals surface area (Å²) in [7, 11) is 0. The Morgan fingerprint density at radius 1 is 0.848 bits per heavy atom. The first-order valence-corrected chi connectivity index (χ1v) is 11.7. The van der Waals surface area contributed by atoms with E-state index in [1.165, 1.54) is 6.42 Å². The highest BCUT2D eigenvalue weighted by molar-refractivity contribution is 6.31. The van der Waals surface area contributed by atoms with Crippen LogP contribution >= 0.6 is 11.6 Å². The van der Waals surface area contributed by atoms with Gasteiger partial charge >= 0.3 is 0 Å². The van der Waals surface area contributed by atoms with Crippen molar-refractivity contribution in [3.05, 3.63) is 94.5 Å². The highest BCUT2D eigenvalue weighted by Gasteiger charge is 2.19. The number of ether oxygens (including phenoxy) is 1. The van der Waals surface area contributed by atoms with Crippen LogP contribution in [0.5, 0.6) is 5.75 Å². The molecule has 2 N–H and O–H groups in total. The van der Waals surface area contributed by atoms with E-state index in [1.54, 1.807) is 48.5 Å². The van der Waals surface area contributed by atoms with Crippen molar-refractivity contribution in [1.82, 2.24) is 5.32 Å². The van der Waals surface area contributed by atoms with Crippen LogP contribution in [0.1, 0.15) is 58.4 Å². The quantitative estimate of drug-likeness (QED) is 0.437. The zero-order valence-corrected chi connectivity index (χ0v) is 19.1. The monoisotopic (exact) mass is 462 g/mol. The number of carbonyl (C=O) groups excluding carboxylic acids is 2. The van der Waals surface area contributed by atoms with E-state index in [4.69, 9.17) is 16.3 Å². The number of amides is 2. The number of hydrogen-bond acceptors (Lipinski definition) is 3. The zero-order valence-electron chi connectivity index (χ0n) is 18.4. The average molecular weight is 463 g/mol. The summed E-state index contributed by atoms with van der Waals surface area (Å²) < 4.78 is 5.78. The zero-order chi connectivity index (χ0) is 23.0. The third-order valence-electron chi connectivity index (χ3n) is 5.83. The molecule has 4 rings (SSSR count). The number of rotatable bonds is 7. The molecule has 6 heteroatoms. The molecule has 33 heavy (non-hydrogen) atoms. The van der Waals surface area contributed by atoms with Gasteiger partial charge in [-0.15, -0.1) is 0 Å². The van der Waals surface area contributed by atoms with Gasteiger partial charge in [0, 0.05) is 22.2 Å². The molecule has 0 radical (unpaired) electrons. The van der Waals surface area contributed by atoms with E-state index >= 15 is 0 Å². The van der Waals surface area contributed by atoms with Gasteiger partial charge in [-0.05, 0) is 55.3 Å². The first-order valence-electron chi connectivity index (χ1n) is 11.3. The summed E-state index contributed by atoms with van der Waals surface area (Å²) in [6.07, 6.45) is 5.52. The minimum atomic E-state index is -0.287. The Kier molecular flexibility index (Phi) is 7.63. The molecule has 0 aliphatic heterocycles. The van der Waals surface area contributed by atoms with Gasteiger partial charge in [0.1, 0.15) is 12.4 Å². The van der Waals surface area contributed by atoms with E-state index in [1.807, 2.05) is 24.3 Å². The molecule has 3 aromatic rings. The van der Waals surface area contributed by atoms with Crippen molar-refractivity contribution in [1.29, 1.82) is 0 Å². The van der Waals surface area contributed by atoms with Crippen LogP contribution in [0, 0.1) is 0 Å².